The fourth-order valence-corrected chi connectivity index (χ4v) is 4.89. The Morgan fingerprint density at radius 3 is 2.38 bits per heavy atom. The Kier molecular flexibility index (Phi) is 8.23. The van der Waals surface area contributed by atoms with Gasteiger partial charge in [-0.15, -0.1) is 0 Å². The van der Waals surface area contributed by atoms with Crippen LogP contribution >= 0.6 is 0 Å². The summed E-state index contributed by atoms with van der Waals surface area (Å²) < 4.78 is 0. The molecule has 3 aromatic rings. The summed E-state index contributed by atoms with van der Waals surface area (Å²) in [6.45, 7) is 7.32. The van der Waals surface area contributed by atoms with Gasteiger partial charge in [-0.05, 0) is 75.1 Å². The summed E-state index contributed by atoms with van der Waals surface area (Å²) in [4.78, 5) is 53.0. The van der Waals surface area contributed by atoms with E-state index in [2.05, 4.69) is 16.0 Å². The van der Waals surface area contributed by atoms with Crippen molar-refractivity contribution in [3.05, 3.63) is 95.1 Å². The Hall–Kier alpha value is -4.66. The van der Waals surface area contributed by atoms with Gasteiger partial charge in [0.25, 0.3) is 0 Å². The van der Waals surface area contributed by atoms with Gasteiger partial charge in [-0.1, -0.05) is 48.5 Å². The molecule has 0 fully saturated rings. The van der Waals surface area contributed by atoms with Crippen molar-refractivity contribution in [1.29, 1.82) is 0 Å². The number of amides is 4. The average molecular weight is 543 g/mol. The molecular weight excluding hydrogens is 508 g/mol. The second-order valence-corrected chi connectivity index (χ2v) is 11.0. The lowest BCUT2D eigenvalue weighted by Crippen LogP contribution is -2.53. The average Bonchev–Trinajstić information content (AvgIpc) is 2.98. The van der Waals surface area contributed by atoms with E-state index >= 15 is 0 Å². The van der Waals surface area contributed by atoms with Crippen LogP contribution in [0.15, 0.2) is 72.8 Å². The number of urea groups is 1. The summed E-state index contributed by atoms with van der Waals surface area (Å²) in [5, 5.41) is 17.6. The first kappa shape index (κ1) is 28.4. The van der Waals surface area contributed by atoms with E-state index in [9.17, 15) is 24.3 Å². The van der Waals surface area contributed by atoms with Gasteiger partial charge in [0.15, 0.2) is 0 Å². The molecule has 0 saturated heterocycles. The Morgan fingerprint density at radius 1 is 0.975 bits per heavy atom. The maximum Gasteiger partial charge on any atom is 0.335 e. The number of carbonyl (C=O) groups excluding carboxylic acids is 3. The lowest BCUT2D eigenvalue weighted by Gasteiger charge is -2.28. The number of nitrogens with zero attached hydrogens (tertiary/aromatic N) is 1. The monoisotopic (exact) mass is 542 g/mol. The SMILES string of the molecule is Cc1ccc2c(c1)N(CC(=O)NC(C)(C)C)C(=O)C(NC(=O)Nc1cccc(C(=O)O)c1)CC2c1ccccc1. The van der Waals surface area contributed by atoms with Gasteiger partial charge in [-0.2, -0.15) is 0 Å². The van der Waals surface area contributed by atoms with Crippen molar-refractivity contribution < 1.29 is 24.3 Å². The van der Waals surface area contributed by atoms with Crippen molar-refractivity contribution >= 4 is 35.2 Å². The van der Waals surface area contributed by atoms with Crippen LogP contribution in [0, 0.1) is 6.92 Å². The summed E-state index contributed by atoms with van der Waals surface area (Å²) in [5.41, 5.74) is 3.22. The zero-order valence-electron chi connectivity index (χ0n) is 23.0. The molecule has 4 rings (SSSR count). The molecule has 2 unspecified atom stereocenters. The van der Waals surface area contributed by atoms with Crippen molar-refractivity contribution in [2.75, 3.05) is 16.8 Å². The fourth-order valence-electron chi connectivity index (χ4n) is 4.89. The molecule has 0 radical (unpaired) electrons. The minimum atomic E-state index is -1.12. The highest BCUT2D eigenvalue weighted by atomic mass is 16.4. The minimum Gasteiger partial charge on any atom is -0.478 e. The van der Waals surface area contributed by atoms with Gasteiger partial charge >= 0.3 is 12.0 Å². The molecule has 1 aliphatic rings. The van der Waals surface area contributed by atoms with Gasteiger partial charge < -0.3 is 26.0 Å². The highest BCUT2D eigenvalue weighted by molar-refractivity contribution is 6.05. The van der Waals surface area contributed by atoms with Crippen LogP contribution < -0.4 is 20.9 Å². The Balaban J connectivity index is 1.70. The molecule has 1 heterocycles. The molecule has 40 heavy (non-hydrogen) atoms. The molecule has 0 aliphatic carbocycles. The van der Waals surface area contributed by atoms with E-state index in [4.69, 9.17) is 0 Å². The van der Waals surface area contributed by atoms with E-state index in [0.717, 1.165) is 16.7 Å². The number of anilines is 2. The van der Waals surface area contributed by atoms with Crippen LogP contribution in [0.5, 0.6) is 0 Å². The van der Waals surface area contributed by atoms with E-state index in [-0.39, 0.29) is 36.0 Å². The smallest absolute Gasteiger partial charge is 0.335 e. The highest BCUT2D eigenvalue weighted by Crippen LogP contribution is 2.39. The largest absolute Gasteiger partial charge is 0.478 e. The van der Waals surface area contributed by atoms with E-state index in [1.54, 1.807) is 6.07 Å². The predicted octanol–water partition coefficient (Wildman–Crippen LogP) is 4.67. The van der Waals surface area contributed by atoms with Gasteiger partial charge in [0.1, 0.15) is 12.6 Å². The summed E-state index contributed by atoms with van der Waals surface area (Å²) in [6, 6.07) is 19.8. The van der Waals surface area contributed by atoms with E-state index in [1.165, 1.54) is 23.1 Å². The van der Waals surface area contributed by atoms with Crippen molar-refractivity contribution in [3.8, 4) is 0 Å². The number of nitrogens with one attached hydrogen (secondary N) is 3. The predicted molar refractivity (Wildman–Crippen MR) is 154 cm³/mol. The number of carbonyl (C=O) groups is 4. The second-order valence-electron chi connectivity index (χ2n) is 11.0. The molecule has 0 bridgehead atoms. The summed E-state index contributed by atoms with van der Waals surface area (Å²) in [5.74, 6) is -2.09. The fraction of sp³-hybridized carbons (Fsp3) is 0.290. The topological polar surface area (TPSA) is 128 Å². The molecule has 3 aromatic carbocycles. The van der Waals surface area contributed by atoms with Gasteiger partial charge in [0, 0.05) is 22.8 Å². The van der Waals surface area contributed by atoms with E-state index < -0.39 is 29.5 Å². The van der Waals surface area contributed by atoms with Crippen molar-refractivity contribution in [1.82, 2.24) is 10.6 Å². The standard InChI is InChI=1S/C31H34N4O5/c1-19-13-14-23-24(20-9-6-5-7-10-20)17-25(33-30(40)32-22-12-8-11-21(16-22)29(38)39)28(37)35(26(23)15-19)18-27(36)34-31(2,3)4/h5-16,24-25H,17-18H2,1-4H3,(H,34,36)(H,38,39)(H2,32,33,40). The molecule has 9 heteroatoms. The third kappa shape index (κ3) is 6.85. The normalized spacial score (nSPS) is 16.9. The Bertz CT molecular complexity index is 1430. The molecule has 2 atom stereocenters. The summed E-state index contributed by atoms with van der Waals surface area (Å²) in [6.07, 6.45) is 0.263. The number of hydrogen-bond acceptors (Lipinski definition) is 4. The zero-order chi connectivity index (χ0) is 29.0. The first-order valence-corrected chi connectivity index (χ1v) is 13.1. The molecule has 4 N–H and O–H groups in total. The third-order valence-electron chi connectivity index (χ3n) is 6.58. The number of fused-ring (bicyclic) bond motifs is 1. The molecule has 0 saturated carbocycles. The van der Waals surface area contributed by atoms with E-state index in [0.29, 0.717) is 5.69 Å². The lowest BCUT2D eigenvalue weighted by atomic mass is 9.85. The number of aromatic carboxylic acids is 1. The molecule has 0 aromatic heterocycles. The van der Waals surface area contributed by atoms with Gasteiger partial charge in [0.05, 0.1) is 5.56 Å². The number of carboxylic acids is 1. The van der Waals surface area contributed by atoms with Crippen molar-refractivity contribution in [2.45, 2.75) is 51.6 Å². The third-order valence-corrected chi connectivity index (χ3v) is 6.58. The van der Waals surface area contributed by atoms with Gasteiger partial charge in [-0.25, -0.2) is 9.59 Å². The maximum absolute atomic E-state index is 14.1. The number of aryl methyl sites for hydroxylation is 1. The second kappa shape index (κ2) is 11.6. The zero-order valence-corrected chi connectivity index (χ0v) is 23.0. The van der Waals surface area contributed by atoms with Crippen LogP contribution in [-0.4, -0.2) is 47.0 Å². The summed E-state index contributed by atoms with van der Waals surface area (Å²) in [7, 11) is 0. The molecule has 4 amide bonds. The molecular formula is C31H34N4O5. The Morgan fingerprint density at radius 2 is 1.70 bits per heavy atom. The molecule has 9 nitrogen and oxygen atoms in total. The first-order chi connectivity index (χ1) is 18.9. The van der Waals surface area contributed by atoms with Gasteiger partial charge in [0.2, 0.25) is 11.8 Å². The number of carboxylic acid groups (broad SMARTS) is 1. The van der Waals surface area contributed by atoms with Crippen molar-refractivity contribution in [2.24, 2.45) is 0 Å². The minimum absolute atomic E-state index is 0.0225. The van der Waals surface area contributed by atoms with Crippen LogP contribution in [0.4, 0.5) is 16.2 Å². The summed E-state index contributed by atoms with van der Waals surface area (Å²) >= 11 is 0. The lowest BCUT2D eigenvalue weighted by molar-refractivity contribution is -0.125. The number of benzene rings is 3. The van der Waals surface area contributed by atoms with Crippen LogP contribution in [-0.2, 0) is 9.59 Å². The molecule has 208 valence electrons. The Labute approximate surface area is 233 Å². The van der Waals surface area contributed by atoms with Crippen LogP contribution in [0.25, 0.3) is 0 Å². The molecule has 1 aliphatic heterocycles. The van der Waals surface area contributed by atoms with Crippen LogP contribution in [0.2, 0.25) is 0 Å². The van der Waals surface area contributed by atoms with Crippen LogP contribution in [0.1, 0.15) is 60.2 Å². The van der Waals surface area contributed by atoms with Crippen LogP contribution in [0.3, 0.4) is 0 Å². The van der Waals surface area contributed by atoms with E-state index in [1.807, 2.05) is 76.2 Å². The first-order valence-electron chi connectivity index (χ1n) is 13.1. The molecule has 0 spiro atoms. The van der Waals surface area contributed by atoms with Gasteiger partial charge in [-0.3, -0.25) is 9.59 Å². The number of hydrogen-bond donors (Lipinski definition) is 4. The quantitative estimate of drug-likeness (QED) is 0.360. The maximum atomic E-state index is 14.1. The highest BCUT2D eigenvalue weighted by Gasteiger charge is 2.37. The number of rotatable bonds is 6. The van der Waals surface area contributed by atoms with Crippen molar-refractivity contribution in [3.63, 3.8) is 0 Å².